The molecule has 152 valence electrons. The summed E-state index contributed by atoms with van der Waals surface area (Å²) in [5.74, 6) is -0.169. The van der Waals surface area contributed by atoms with Gasteiger partial charge < -0.3 is 19.9 Å². The third-order valence-electron chi connectivity index (χ3n) is 5.11. The third kappa shape index (κ3) is 5.03. The summed E-state index contributed by atoms with van der Waals surface area (Å²) in [5.41, 5.74) is 0.407. The molecule has 0 spiro atoms. The fraction of sp³-hybridized carbons (Fsp3) is 0.571. The number of nitrogens with zero attached hydrogens (tertiary/aromatic N) is 2. The third-order valence-corrected chi connectivity index (χ3v) is 5.11. The molecule has 2 aliphatic heterocycles. The normalized spacial score (nSPS) is 21.9. The topological polar surface area (TPSA) is 79.0 Å². The van der Waals surface area contributed by atoms with Crippen molar-refractivity contribution in [2.45, 2.75) is 57.7 Å². The van der Waals surface area contributed by atoms with E-state index in [0.717, 1.165) is 5.56 Å². The van der Waals surface area contributed by atoms with Crippen LogP contribution in [0.3, 0.4) is 0 Å². The Bertz CT molecular complexity index is 721. The highest BCUT2D eigenvalue weighted by molar-refractivity contribution is 5.88. The number of rotatable bonds is 2. The van der Waals surface area contributed by atoms with Gasteiger partial charge in [-0.05, 0) is 39.2 Å². The number of carbonyl (C=O) groups is 3. The van der Waals surface area contributed by atoms with E-state index >= 15 is 0 Å². The number of benzene rings is 1. The van der Waals surface area contributed by atoms with E-state index in [1.807, 2.05) is 51.1 Å². The Morgan fingerprint density at radius 2 is 1.75 bits per heavy atom. The van der Waals surface area contributed by atoms with Gasteiger partial charge in [-0.3, -0.25) is 9.59 Å². The van der Waals surface area contributed by atoms with Crippen molar-refractivity contribution in [1.29, 1.82) is 0 Å². The zero-order chi connectivity index (χ0) is 20.3. The van der Waals surface area contributed by atoms with Crippen LogP contribution in [0.5, 0.6) is 0 Å². The highest BCUT2D eigenvalue weighted by Gasteiger charge is 2.35. The second kappa shape index (κ2) is 8.20. The molecule has 2 aliphatic rings. The molecule has 0 aliphatic carbocycles. The molecule has 7 heteroatoms. The summed E-state index contributed by atoms with van der Waals surface area (Å²) in [6, 6.07) is 9.23. The molecule has 2 heterocycles. The van der Waals surface area contributed by atoms with Crippen LogP contribution in [-0.4, -0.2) is 59.0 Å². The van der Waals surface area contributed by atoms with Gasteiger partial charge >= 0.3 is 6.09 Å². The van der Waals surface area contributed by atoms with Crippen LogP contribution in [0.2, 0.25) is 0 Å². The van der Waals surface area contributed by atoms with Gasteiger partial charge in [0.2, 0.25) is 11.8 Å². The number of hydrogen-bond donors (Lipinski definition) is 1. The molecule has 1 aromatic carbocycles. The zero-order valence-electron chi connectivity index (χ0n) is 16.8. The maximum atomic E-state index is 12.9. The van der Waals surface area contributed by atoms with Crippen molar-refractivity contribution in [3.8, 4) is 0 Å². The van der Waals surface area contributed by atoms with Crippen LogP contribution in [-0.2, 0) is 14.3 Å². The SMILES string of the molecule is CC(C)(C)OC(=O)N1CCC(N2CC(=O)N[C@H](c3ccccc3)CC2=O)CC1. The molecular formula is C21H29N3O4. The molecule has 2 fully saturated rings. The molecule has 1 aromatic rings. The van der Waals surface area contributed by atoms with E-state index in [1.165, 1.54) is 0 Å². The summed E-state index contributed by atoms with van der Waals surface area (Å²) in [6.45, 7) is 6.64. The van der Waals surface area contributed by atoms with Crippen molar-refractivity contribution in [3.05, 3.63) is 35.9 Å². The minimum absolute atomic E-state index is 0.0251. The molecule has 3 amide bonds. The monoisotopic (exact) mass is 387 g/mol. The first kappa shape index (κ1) is 20.2. The van der Waals surface area contributed by atoms with Gasteiger partial charge in [0.1, 0.15) is 5.60 Å². The molecule has 28 heavy (non-hydrogen) atoms. The van der Waals surface area contributed by atoms with Crippen LogP contribution in [0.25, 0.3) is 0 Å². The summed E-state index contributed by atoms with van der Waals surface area (Å²) < 4.78 is 5.42. The molecule has 2 saturated heterocycles. The fourth-order valence-corrected chi connectivity index (χ4v) is 3.73. The standard InChI is InChI=1S/C21H29N3O4/c1-21(2,3)28-20(27)23-11-9-16(10-12-23)24-14-18(25)22-17(13-19(24)26)15-7-5-4-6-8-15/h4-8,16-17H,9-14H2,1-3H3,(H,22,25)/t17-/m0/s1. The van der Waals surface area contributed by atoms with E-state index in [2.05, 4.69) is 5.32 Å². The van der Waals surface area contributed by atoms with Crippen LogP contribution in [0, 0.1) is 0 Å². The lowest BCUT2D eigenvalue weighted by molar-refractivity contribution is -0.137. The second-order valence-corrected chi connectivity index (χ2v) is 8.46. The lowest BCUT2D eigenvalue weighted by Gasteiger charge is -2.38. The predicted octanol–water partition coefficient (Wildman–Crippen LogP) is 2.48. The highest BCUT2D eigenvalue weighted by Crippen LogP contribution is 2.25. The van der Waals surface area contributed by atoms with Gasteiger partial charge in [0.25, 0.3) is 0 Å². The number of hydrogen-bond acceptors (Lipinski definition) is 4. The van der Waals surface area contributed by atoms with Gasteiger partial charge in [-0.25, -0.2) is 4.79 Å². The van der Waals surface area contributed by atoms with Crippen molar-refractivity contribution in [2.24, 2.45) is 0 Å². The van der Waals surface area contributed by atoms with E-state index in [4.69, 9.17) is 4.74 Å². The quantitative estimate of drug-likeness (QED) is 0.846. The van der Waals surface area contributed by atoms with Gasteiger partial charge in [0.05, 0.1) is 19.0 Å². The van der Waals surface area contributed by atoms with Crippen LogP contribution < -0.4 is 5.32 Å². The van der Waals surface area contributed by atoms with Gasteiger partial charge in [-0.15, -0.1) is 0 Å². The first-order valence-electron chi connectivity index (χ1n) is 9.84. The summed E-state index contributed by atoms with van der Waals surface area (Å²) in [7, 11) is 0. The van der Waals surface area contributed by atoms with Crippen LogP contribution in [0.15, 0.2) is 30.3 Å². The average Bonchev–Trinajstić information content (AvgIpc) is 2.79. The molecule has 3 rings (SSSR count). The van der Waals surface area contributed by atoms with Crippen molar-refractivity contribution in [1.82, 2.24) is 15.1 Å². The molecule has 0 radical (unpaired) electrons. The smallest absolute Gasteiger partial charge is 0.410 e. The largest absolute Gasteiger partial charge is 0.444 e. The van der Waals surface area contributed by atoms with Crippen molar-refractivity contribution in [2.75, 3.05) is 19.6 Å². The lowest BCUT2D eigenvalue weighted by atomic mass is 10.0. The molecule has 7 nitrogen and oxygen atoms in total. The zero-order valence-corrected chi connectivity index (χ0v) is 16.8. The minimum atomic E-state index is -0.529. The number of amides is 3. The second-order valence-electron chi connectivity index (χ2n) is 8.46. The number of ether oxygens (including phenoxy) is 1. The minimum Gasteiger partial charge on any atom is -0.444 e. The van der Waals surface area contributed by atoms with E-state index in [9.17, 15) is 14.4 Å². The first-order chi connectivity index (χ1) is 13.2. The molecule has 0 unspecified atom stereocenters. The maximum Gasteiger partial charge on any atom is 0.410 e. The Morgan fingerprint density at radius 3 is 2.36 bits per heavy atom. The van der Waals surface area contributed by atoms with Crippen LogP contribution >= 0.6 is 0 Å². The maximum absolute atomic E-state index is 12.9. The number of nitrogens with one attached hydrogen (secondary N) is 1. The van der Waals surface area contributed by atoms with E-state index in [1.54, 1.807) is 9.80 Å². The summed E-state index contributed by atoms with van der Waals surface area (Å²) in [4.78, 5) is 40.9. The average molecular weight is 387 g/mol. The van der Waals surface area contributed by atoms with Gasteiger partial charge in [-0.1, -0.05) is 30.3 Å². The van der Waals surface area contributed by atoms with E-state index < -0.39 is 5.60 Å². The molecule has 0 bridgehead atoms. The van der Waals surface area contributed by atoms with Gasteiger partial charge in [-0.2, -0.15) is 0 Å². The lowest BCUT2D eigenvalue weighted by Crippen LogP contribution is -2.50. The molecular weight excluding hydrogens is 358 g/mol. The predicted molar refractivity (Wildman–Crippen MR) is 104 cm³/mol. The van der Waals surface area contributed by atoms with Crippen molar-refractivity contribution >= 4 is 17.9 Å². The highest BCUT2D eigenvalue weighted by atomic mass is 16.6. The first-order valence-corrected chi connectivity index (χ1v) is 9.84. The summed E-state index contributed by atoms with van der Waals surface area (Å²) >= 11 is 0. The summed E-state index contributed by atoms with van der Waals surface area (Å²) in [6.07, 6.45) is 1.22. The Balaban J connectivity index is 1.61. The summed E-state index contributed by atoms with van der Waals surface area (Å²) in [5, 5.41) is 2.96. The van der Waals surface area contributed by atoms with Gasteiger partial charge in [0.15, 0.2) is 0 Å². The van der Waals surface area contributed by atoms with E-state index in [-0.39, 0.29) is 43.0 Å². The Labute approximate surface area is 166 Å². The number of likely N-dealkylation sites (tertiary alicyclic amines) is 1. The Kier molecular flexibility index (Phi) is 5.91. The van der Waals surface area contributed by atoms with Crippen molar-refractivity contribution < 1.29 is 19.1 Å². The molecule has 1 atom stereocenters. The Morgan fingerprint density at radius 1 is 1.11 bits per heavy atom. The molecule has 0 saturated carbocycles. The fourth-order valence-electron chi connectivity index (χ4n) is 3.73. The van der Waals surface area contributed by atoms with Gasteiger partial charge in [0, 0.05) is 19.1 Å². The number of piperidine rings is 1. The molecule has 0 aromatic heterocycles. The number of carbonyl (C=O) groups excluding carboxylic acids is 3. The van der Waals surface area contributed by atoms with Crippen LogP contribution in [0.1, 0.15) is 51.6 Å². The van der Waals surface area contributed by atoms with E-state index in [0.29, 0.717) is 25.9 Å². The van der Waals surface area contributed by atoms with Crippen molar-refractivity contribution in [3.63, 3.8) is 0 Å². The molecule has 1 N–H and O–H groups in total. The van der Waals surface area contributed by atoms with Crippen LogP contribution in [0.4, 0.5) is 4.79 Å². The Hall–Kier alpha value is -2.57.